The number of ether oxygens (including phenoxy) is 2. The molecule has 0 saturated carbocycles. The summed E-state index contributed by atoms with van der Waals surface area (Å²) in [7, 11) is -0.666. The maximum atomic E-state index is 12.7. The third-order valence-electron chi connectivity index (χ3n) is 4.62. The van der Waals surface area contributed by atoms with Crippen molar-refractivity contribution >= 4 is 21.6 Å². The number of carbonyl (C=O) groups is 1. The molecule has 3 aromatic carbocycles. The predicted molar refractivity (Wildman–Crippen MR) is 119 cm³/mol. The fraction of sp³-hybridized carbons (Fsp3) is 0.174. The summed E-state index contributed by atoms with van der Waals surface area (Å²) in [6, 6.07) is 20.1. The number of hydrogen-bond donors (Lipinski definition) is 2. The standard InChI is InChI=1S/C23H24N2O5S/c1-29-21-13-12-17(16-22(21)30-2)14-15-24-23(26)19-10-6-7-11-20(19)25-31(27,28)18-8-4-3-5-9-18/h3-13,16,25H,14-15H2,1-2H3,(H,24,26). The van der Waals surface area contributed by atoms with Crippen molar-refractivity contribution in [1.29, 1.82) is 0 Å². The minimum atomic E-state index is -3.80. The number of benzene rings is 3. The molecule has 31 heavy (non-hydrogen) atoms. The van der Waals surface area contributed by atoms with Gasteiger partial charge in [0, 0.05) is 6.54 Å². The topological polar surface area (TPSA) is 93.7 Å². The first-order valence-corrected chi connectivity index (χ1v) is 11.1. The van der Waals surface area contributed by atoms with E-state index in [1.54, 1.807) is 56.7 Å². The third-order valence-corrected chi connectivity index (χ3v) is 6.00. The van der Waals surface area contributed by atoms with Crippen molar-refractivity contribution in [2.24, 2.45) is 0 Å². The van der Waals surface area contributed by atoms with Crippen LogP contribution in [0.4, 0.5) is 5.69 Å². The quantitative estimate of drug-likeness (QED) is 0.531. The lowest BCUT2D eigenvalue weighted by Gasteiger charge is -2.13. The lowest BCUT2D eigenvalue weighted by Crippen LogP contribution is -2.27. The molecule has 0 atom stereocenters. The molecule has 0 saturated heterocycles. The van der Waals surface area contributed by atoms with E-state index in [-0.39, 0.29) is 22.1 Å². The zero-order valence-corrected chi connectivity index (χ0v) is 18.1. The molecule has 0 spiro atoms. The van der Waals surface area contributed by atoms with Gasteiger partial charge in [0.05, 0.1) is 30.4 Å². The zero-order valence-electron chi connectivity index (χ0n) is 17.3. The molecule has 3 aromatic rings. The van der Waals surface area contributed by atoms with Crippen LogP contribution in [0.15, 0.2) is 77.7 Å². The van der Waals surface area contributed by atoms with E-state index in [2.05, 4.69) is 10.0 Å². The summed E-state index contributed by atoms with van der Waals surface area (Å²) in [6.45, 7) is 0.369. The van der Waals surface area contributed by atoms with Crippen LogP contribution in [-0.4, -0.2) is 35.1 Å². The number of hydrogen-bond acceptors (Lipinski definition) is 5. The highest BCUT2D eigenvalue weighted by Crippen LogP contribution is 2.27. The van der Waals surface area contributed by atoms with Crippen molar-refractivity contribution in [2.75, 3.05) is 25.5 Å². The largest absolute Gasteiger partial charge is 0.493 e. The summed E-state index contributed by atoms with van der Waals surface area (Å²) in [6.07, 6.45) is 0.573. The normalized spacial score (nSPS) is 10.9. The Hall–Kier alpha value is -3.52. The number of sulfonamides is 1. The molecule has 0 aliphatic carbocycles. The van der Waals surface area contributed by atoms with Crippen LogP contribution >= 0.6 is 0 Å². The summed E-state index contributed by atoms with van der Waals surface area (Å²) in [5.41, 5.74) is 1.43. The van der Waals surface area contributed by atoms with Gasteiger partial charge in [-0.3, -0.25) is 9.52 Å². The number of amides is 1. The van der Waals surface area contributed by atoms with Gasteiger partial charge in [-0.1, -0.05) is 36.4 Å². The second kappa shape index (κ2) is 9.99. The van der Waals surface area contributed by atoms with E-state index in [1.165, 1.54) is 12.1 Å². The van der Waals surface area contributed by atoms with Gasteiger partial charge in [-0.15, -0.1) is 0 Å². The SMILES string of the molecule is COc1ccc(CCNC(=O)c2ccccc2NS(=O)(=O)c2ccccc2)cc1OC. The average Bonchev–Trinajstić information content (AvgIpc) is 2.79. The molecule has 0 aromatic heterocycles. The van der Waals surface area contributed by atoms with Gasteiger partial charge in [-0.25, -0.2) is 8.42 Å². The number of methoxy groups -OCH3 is 2. The van der Waals surface area contributed by atoms with Gasteiger partial charge in [0.2, 0.25) is 0 Å². The molecule has 0 aliphatic rings. The first kappa shape index (κ1) is 22.2. The van der Waals surface area contributed by atoms with Gasteiger partial charge < -0.3 is 14.8 Å². The third kappa shape index (κ3) is 5.55. The van der Waals surface area contributed by atoms with Crippen LogP contribution in [0.1, 0.15) is 15.9 Å². The molecular formula is C23H24N2O5S. The molecule has 0 aliphatic heterocycles. The number of anilines is 1. The Morgan fingerprint density at radius 3 is 2.26 bits per heavy atom. The number of rotatable bonds is 9. The maximum Gasteiger partial charge on any atom is 0.261 e. The Morgan fingerprint density at radius 1 is 0.871 bits per heavy atom. The van der Waals surface area contributed by atoms with E-state index in [1.807, 2.05) is 18.2 Å². The Morgan fingerprint density at radius 2 is 1.55 bits per heavy atom. The Bertz CT molecular complexity index is 1150. The monoisotopic (exact) mass is 440 g/mol. The molecular weight excluding hydrogens is 416 g/mol. The molecule has 162 valence electrons. The number of nitrogens with one attached hydrogen (secondary N) is 2. The highest BCUT2D eigenvalue weighted by atomic mass is 32.2. The van der Waals surface area contributed by atoms with Gasteiger partial charge in [0.15, 0.2) is 11.5 Å². The Labute approximate surface area is 182 Å². The minimum Gasteiger partial charge on any atom is -0.493 e. The lowest BCUT2D eigenvalue weighted by atomic mass is 10.1. The van der Waals surface area contributed by atoms with Crippen LogP contribution in [0.5, 0.6) is 11.5 Å². The second-order valence-electron chi connectivity index (χ2n) is 6.66. The minimum absolute atomic E-state index is 0.124. The molecule has 7 nitrogen and oxygen atoms in total. The van der Waals surface area contributed by atoms with Crippen LogP contribution < -0.4 is 19.5 Å². The van der Waals surface area contributed by atoms with E-state index in [0.717, 1.165) is 5.56 Å². The highest BCUT2D eigenvalue weighted by Gasteiger charge is 2.18. The summed E-state index contributed by atoms with van der Waals surface area (Å²) in [5, 5.41) is 2.83. The van der Waals surface area contributed by atoms with E-state index in [0.29, 0.717) is 24.5 Å². The number of carbonyl (C=O) groups excluding carboxylic acids is 1. The van der Waals surface area contributed by atoms with Crippen molar-refractivity contribution in [3.63, 3.8) is 0 Å². The van der Waals surface area contributed by atoms with Gasteiger partial charge >= 0.3 is 0 Å². The van der Waals surface area contributed by atoms with Crippen LogP contribution in [0.2, 0.25) is 0 Å². The fourth-order valence-corrected chi connectivity index (χ4v) is 4.13. The van der Waals surface area contributed by atoms with Gasteiger partial charge in [-0.05, 0) is 48.4 Å². The highest BCUT2D eigenvalue weighted by molar-refractivity contribution is 7.92. The van der Waals surface area contributed by atoms with Crippen molar-refractivity contribution in [1.82, 2.24) is 5.32 Å². The number of para-hydroxylation sites is 1. The Kier molecular flexibility index (Phi) is 7.15. The smallest absolute Gasteiger partial charge is 0.261 e. The molecule has 2 N–H and O–H groups in total. The summed E-state index contributed by atoms with van der Waals surface area (Å²) in [5.74, 6) is 0.883. The summed E-state index contributed by atoms with van der Waals surface area (Å²) in [4.78, 5) is 12.8. The molecule has 0 bridgehead atoms. The van der Waals surface area contributed by atoms with Crippen molar-refractivity contribution in [3.8, 4) is 11.5 Å². The molecule has 0 fully saturated rings. The molecule has 3 rings (SSSR count). The Balaban J connectivity index is 1.68. The van der Waals surface area contributed by atoms with Crippen LogP contribution in [-0.2, 0) is 16.4 Å². The second-order valence-corrected chi connectivity index (χ2v) is 8.34. The summed E-state index contributed by atoms with van der Waals surface area (Å²) >= 11 is 0. The van der Waals surface area contributed by atoms with Crippen LogP contribution in [0, 0.1) is 0 Å². The lowest BCUT2D eigenvalue weighted by molar-refractivity contribution is 0.0955. The fourth-order valence-electron chi connectivity index (χ4n) is 3.03. The van der Waals surface area contributed by atoms with E-state index < -0.39 is 10.0 Å². The molecule has 1 amide bonds. The van der Waals surface area contributed by atoms with Crippen molar-refractivity contribution < 1.29 is 22.7 Å². The summed E-state index contributed by atoms with van der Waals surface area (Å²) < 4.78 is 38.3. The van der Waals surface area contributed by atoms with Gasteiger partial charge in [0.1, 0.15) is 0 Å². The van der Waals surface area contributed by atoms with Crippen LogP contribution in [0.25, 0.3) is 0 Å². The van der Waals surface area contributed by atoms with E-state index >= 15 is 0 Å². The molecule has 8 heteroatoms. The molecule has 0 radical (unpaired) electrons. The van der Waals surface area contributed by atoms with Gasteiger partial charge in [0.25, 0.3) is 15.9 Å². The van der Waals surface area contributed by atoms with E-state index in [9.17, 15) is 13.2 Å². The first-order valence-electron chi connectivity index (χ1n) is 9.60. The molecule has 0 heterocycles. The van der Waals surface area contributed by atoms with Crippen molar-refractivity contribution in [3.05, 3.63) is 83.9 Å². The maximum absolute atomic E-state index is 12.7. The zero-order chi connectivity index (χ0) is 22.3. The average molecular weight is 441 g/mol. The first-order chi connectivity index (χ1) is 14.9. The van der Waals surface area contributed by atoms with Crippen LogP contribution in [0.3, 0.4) is 0 Å². The molecule has 0 unspecified atom stereocenters. The predicted octanol–water partition coefficient (Wildman–Crippen LogP) is 3.48. The van der Waals surface area contributed by atoms with E-state index in [4.69, 9.17) is 9.47 Å². The van der Waals surface area contributed by atoms with Gasteiger partial charge in [-0.2, -0.15) is 0 Å². The van der Waals surface area contributed by atoms with Crippen molar-refractivity contribution in [2.45, 2.75) is 11.3 Å².